The van der Waals surface area contributed by atoms with Crippen LogP contribution in [-0.4, -0.2) is 77.5 Å². The topological polar surface area (TPSA) is 104 Å². The van der Waals surface area contributed by atoms with E-state index in [0.29, 0.717) is 13.5 Å². The van der Waals surface area contributed by atoms with Gasteiger partial charge in [0.25, 0.3) is 0 Å². The van der Waals surface area contributed by atoms with Gasteiger partial charge in [0.1, 0.15) is 0 Å². The molecule has 0 aromatic rings. The van der Waals surface area contributed by atoms with Gasteiger partial charge in [-0.25, -0.2) is 0 Å². The number of carboxylic acid groups (broad SMARTS) is 1. The van der Waals surface area contributed by atoms with Crippen molar-refractivity contribution in [1.29, 1.82) is 0 Å². The number of hydrogen-bond donors (Lipinski definition) is 5. The van der Waals surface area contributed by atoms with Gasteiger partial charge in [0, 0.05) is 46.4 Å². The molecule has 8 nitrogen and oxygen atoms in total. The van der Waals surface area contributed by atoms with Crippen LogP contribution in [0.4, 0.5) is 0 Å². The van der Waals surface area contributed by atoms with Gasteiger partial charge in [-0.05, 0) is 0 Å². The van der Waals surface area contributed by atoms with Gasteiger partial charge in [0.05, 0.1) is 26.5 Å². The van der Waals surface area contributed by atoms with Crippen molar-refractivity contribution < 1.29 is 19.4 Å². The summed E-state index contributed by atoms with van der Waals surface area (Å²) < 4.78 is 9.95. The molecular formula is C12H28N4O4. The molecule has 0 atom stereocenters. The second-order valence-corrected chi connectivity index (χ2v) is 4.13. The first kappa shape index (κ1) is 19.2. The summed E-state index contributed by atoms with van der Waals surface area (Å²) in [6, 6.07) is 0. The largest absolute Gasteiger partial charge is 0.481 e. The number of methoxy groups -OCH3 is 1. The van der Waals surface area contributed by atoms with Crippen LogP contribution in [0.15, 0.2) is 0 Å². The quantitative estimate of drug-likeness (QED) is 0.171. The SMILES string of the molecule is COCNCCNCCNCCNCOCCC(=O)O. The number of aliphatic carboxylic acids is 1. The first-order valence-corrected chi connectivity index (χ1v) is 6.88. The number of hydrogen-bond acceptors (Lipinski definition) is 7. The zero-order valence-corrected chi connectivity index (χ0v) is 12.2. The Morgan fingerprint density at radius 1 is 0.900 bits per heavy atom. The molecule has 0 aromatic carbocycles. The van der Waals surface area contributed by atoms with Crippen molar-refractivity contribution in [2.24, 2.45) is 0 Å². The lowest BCUT2D eigenvalue weighted by molar-refractivity contribution is -0.138. The van der Waals surface area contributed by atoms with E-state index in [1.807, 2.05) is 0 Å². The Morgan fingerprint density at radius 2 is 1.40 bits per heavy atom. The summed E-state index contributed by atoms with van der Waals surface area (Å²) in [5.74, 6) is -0.836. The van der Waals surface area contributed by atoms with Gasteiger partial charge in [-0.15, -0.1) is 0 Å². The van der Waals surface area contributed by atoms with E-state index in [4.69, 9.17) is 14.6 Å². The zero-order valence-electron chi connectivity index (χ0n) is 12.2. The molecule has 0 radical (unpaired) electrons. The molecule has 8 heteroatoms. The van der Waals surface area contributed by atoms with E-state index in [-0.39, 0.29) is 13.0 Å². The Kier molecular flexibility index (Phi) is 15.7. The molecule has 0 aliphatic carbocycles. The normalized spacial score (nSPS) is 10.8. The van der Waals surface area contributed by atoms with Crippen LogP contribution in [0.3, 0.4) is 0 Å². The molecular weight excluding hydrogens is 264 g/mol. The molecule has 0 fully saturated rings. The highest BCUT2D eigenvalue weighted by Gasteiger charge is 1.95. The second-order valence-electron chi connectivity index (χ2n) is 4.13. The number of ether oxygens (including phenoxy) is 2. The molecule has 5 N–H and O–H groups in total. The predicted molar refractivity (Wildman–Crippen MR) is 76.7 cm³/mol. The minimum absolute atomic E-state index is 0.0465. The van der Waals surface area contributed by atoms with Crippen LogP contribution >= 0.6 is 0 Å². The van der Waals surface area contributed by atoms with Gasteiger partial charge in [-0.1, -0.05) is 0 Å². The minimum atomic E-state index is -0.836. The van der Waals surface area contributed by atoms with Crippen LogP contribution in [0.5, 0.6) is 0 Å². The highest BCUT2D eigenvalue weighted by Crippen LogP contribution is 1.80. The average molecular weight is 292 g/mol. The lowest BCUT2D eigenvalue weighted by Gasteiger charge is -2.08. The summed E-state index contributed by atoms with van der Waals surface area (Å²) in [6.07, 6.45) is 0.0465. The van der Waals surface area contributed by atoms with Crippen LogP contribution in [0.1, 0.15) is 6.42 Å². The lowest BCUT2D eigenvalue weighted by Crippen LogP contribution is -2.35. The second kappa shape index (κ2) is 16.3. The van der Waals surface area contributed by atoms with Crippen LogP contribution in [-0.2, 0) is 14.3 Å². The van der Waals surface area contributed by atoms with Crippen molar-refractivity contribution in [3.8, 4) is 0 Å². The summed E-state index contributed by atoms with van der Waals surface area (Å²) in [6.45, 7) is 6.50. The molecule has 0 bridgehead atoms. The van der Waals surface area contributed by atoms with Crippen molar-refractivity contribution in [2.45, 2.75) is 6.42 Å². The summed E-state index contributed by atoms with van der Waals surface area (Å²) in [4.78, 5) is 10.2. The van der Waals surface area contributed by atoms with Gasteiger partial charge < -0.3 is 25.2 Å². The third kappa shape index (κ3) is 17.2. The van der Waals surface area contributed by atoms with E-state index >= 15 is 0 Å². The van der Waals surface area contributed by atoms with E-state index < -0.39 is 5.97 Å². The van der Waals surface area contributed by atoms with Crippen LogP contribution in [0, 0.1) is 0 Å². The Balaban J connectivity index is 2.94. The molecule has 0 spiro atoms. The van der Waals surface area contributed by atoms with Crippen LogP contribution in [0.2, 0.25) is 0 Å². The minimum Gasteiger partial charge on any atom is -0.481 e. The van der Waals surface area contributed by atoms with Gasteiger partial charge in [0.15, 0.2) is 0 Å². The third-order valence-corrected chi connectivity index (χ3v) is 2.35. The highest BCUT2D eigenvalue weighted by atomic mass is 16.5. The standard InChI is InChI=1S/C12H28N4O4/c1-19-10-15-7-5-13-3-4-14-6-8-16-11-20-9-2-12(17)18/h13-16H,2-11H2,1H3,(H,17,18). The maximum Gasteiger partial charge on any atom is 0.305 e. The molecule has 20 heavy (non-hydrogen) atoms. The molecule has 0 saturated carbocycles. The van der Waals surface area contributed by atoms with Gasteiger partial charge in [-0.2, -0.15) is 0 Å². The Hall–Kier alpha value is -0.770. The summed E-state index contributed by atoms with van der Waals surface area (Å²) in [7, 11) is 1.66. The summed E-state index contributed by atoms with van der Waals surface area (Å²) in [5, 5.41) is 21.1. The molecule has 0 saturated heterocycles. The molecule has 0 unspecified atom stereocenters. The van der Waals surface area contributed by atoms with Crippen molar-refractivity contribution in [3.63, 3.8) is 0 Å². The molecule has 0 heterocycles. The fourth-order valence-corrected chi connectivity index (χ4v) is 1.33. The molecule has 0 aliphatic heterocycles. The summed E-state index contributed by atoms with van der Waals surface area (Å²) in [5.41, 5.74) is 0. The summed E-state index contributed by atoms with van der Waals surface area (Å²) >= 11 is 0. The van der Waals surface area contributed by atoms with Crippen molar-refractivity contribution in [1.82, 2.24) is 21.3 Å². The number of nitrogens with one attached hydrogen (secondary N) is 4. The van der Waals surface area contributed by atoms with E-state index in [9.17, 15) is 4.79 Å². The number of rotatable bonds is 16. The fourth-order valence-electron chi connectivity index (χ4n) is 1.33. The Labute approximate surface area is 120 Å². The number of carbonyl (C=O) groups is 1. The van der Waals surface area contributed by atoms with Crippen molar-refractivity contribution >= 4 is 5.97 Å². The van der Waals surface area contributed by atoms with Gasteiger partial charge in [-0.3, -0.25) is 15.4 Å². The zero-order chi connectivity index (χ0) is 14.9. The van der Waals surface area contributed by atoms with E-state index in [1.165, 1.54) is 0 Å². The Morgan fingerprint density at radius 3 is 1.90 bits per heavy atom. The monoisotopic (exact) mass is 292 g/mol. The first-order valence-electron chi connectivity index (χ1n) is 6.88. The van der Waals surface area contributed by atoms with Gasteiger partial charge >= 0.3 is 5.97 Å². The maximum absolute atomic E-state index is 10.2. The molecule has 120 valence electrons. The third-order valence-electron chi connectivity index (χ3n) is 2.35. The molecule has 0 aliphatic rings. The molecule has 0 aromatic heterocycles. The smallest absolute Gasteiger partial charge is 0.305 e. The van der Waals surface area contributed by atoms with Crippen molar-refractivity contribution in [3.05, 3.63) is 0 Å². The lowest BCUT2D eigenvalue weighted by atomic mass is 10.5. The predicted octanol–water partition coefficient (Wildman–Crippen LogP) is -1.60. The Bertz CT molecular complexity index is 220. The highest BCUT2D eigenvalue weighted by molar-refractivity contribution is 5.66. The van der Waals surface area contributed by atoms with Gasteiger partial charge in [0.2, 0.25) is 0 Å². The van der Waals surface area contributed by atoms with Crippen molar-refractivity contribution in [2.75, 3.05) is 66.4 Å². The van der Waals surface area contributed by atoms with E-state index in [1.54, 1.807) is 7.11 Å². The van der Waals surface area contributed by atoms with E-state index in [2.05, 4.69) is 21.3 Å². The first-order chi connectivity index (χ1) is 9.77. The van der Waals surface area contributed by atoms with Crippen LogP contribution in [0.25, 0.3) is 0 Å². The van der Waals surface area contributed by atoms with E-state index in [0.717, 1.165) is 39.3 Å². The maximum atomic E-state index is 10.2. The number of carboxylic acids is 1. The fraction of sp³-hybridized carbons (Fsp3) is 0.917. The van der Waals surface area contributed by atoms with Crippen LogP contribution < -0.4 is 21.3 Å². The molecule has 0 rings (SSSR count). The average Bonchev–Trinajstić information content (AvgIpc) is 2.43. The molecule has 0 amide bonds.